The van der Waals surface area contributed by atoms with E-state index in [2.05, 4.69) is 10.6 Å². The molecule has 4 rings (SSSR count). The molecule has 164 valence electrons. The molecular formula is C21H20F3N3O4. The number of nitrogens with one attached hydrogen (secondary N) is 2. The second kappa shape index (κ2) is 8.10. The standard InChI is InChI=1S/C21H20F3N3O4/c1-27-17(10-25-11-18(27)28)20(29)26-16-9-15(8-12-6-7-30-19(12)16)31-14-4-2-13(3-5-14)21(22,23)24/h2-5,8-9,17,25H,6-7,10-11H2,1H3,(H,26,29). The van der Waals surface area contributed by atoms with E-state index >= 15 is 0 Å². The maximum atomic E-state index is 12.8. The number of piperazine rings is 1. The lowest BCUT2D eigenvalue weighted by atomic mass is 10.1. The minimum absolute atomic E-state index is 0.176. The summed E-state index contributed by atoms with van der Waals surface area (Å²) in [4.78, 5) is 26.0. The zero-order valence-electron chi connectivity index (χ0n) is 16.6. The molecule has 1 fully saturated rings. The number of rotatable bonds is 4. The van der Waals surface area contributed by atoms with Crippen LogP contribution in [0.4, 0.5) is 18.9 Å². The molecule has 0 aromatic heterocycles. The highest BCUT2D eigenvalue weighted by Crippen LogP contribution is 2.39. The van der Waals surface area contributed by atoms with Gasteiger partial charge in [0.05, 0.1) is 24.4 Å². The van der Waals surface area contributed by atoms with Crippen LogP contribution in [0.2, 0.25) is 0 Å². The molecule has 10 heteroatoms. The normalized spacial score (nSPS) is 18.4. The van der Waals surface area contributed by atoms with E-state index in [1.165, 1.54) is 17.0 Å². The minimum atomic E-state index is -4.43. The Kier molecular flexibility index (Phi) is 5.48. The fraction of sp³-hybridized carbons (Fsp3) is 0.333. The number of anilines is 1. The Labute approximate surface area is 176 Å². The van der Waals surface area contributed by atoms with Gasteiger partial charge in [0.1, 0.15) is 23.3 Å². The SMILES string of the molecule is CN1C(=O)CNCC1C(=O)Nc1cc(Oc2ccc(C(F)(F)F)cc2)cc2c1OCC2. The number of likely N-dealkylation sites (N-methyl/N-ethyl adjacent to an activating group) is 1. The second-order valence-electron chi connectivity index (χ2n) is 7.32. The molecule has 2 amide bonds. The number of carbonyl (C=O) groups is 2. The number of nitrogens with zero attached hydrogens (tertiary/aromatic N) is 1. The number of carbonyl (C=O) groups excluding carboxylic acids is 2. The fourth-order valence-electron chi connectivity index (χ4n) is 3.51. The molecule has 31 heavy (non-hydrogen) atoms. The number of fused-ring (bicyclic) bond motifs is 1. The molecule has 2 aromatic carbocycles. The van der Waals surface area contributed by atoms with Crippen molar-refractivity contribution in [2.24, 2.45) is 0 Å². The van der Waals surface area contributed by atoms with Crippen molar-refractivity contribution in [3.63, 3.8) is 0 Å². The first-order chi connectivity index (χ1) is 14.7. The Hall–Kier alpha value is -3.27. The van der Waals surface area contributed by atoms with Gasteiger partial charge in [-0.3, -0.25) is 9.59 Å². The number of halogens is 3. The lowest BCUT2D eigenvalue weighted by Gasteiger charge is -2.32. The van der Waals surface area contributed by atoms with Crippen LogP contribution in [0.3, 0.4) is 0 Å². The summed E-state index contributed by atoms with van der Waals surface area (Å²) in [6, 6.07) is 6.95. The van der Waals surface area contributed by atoms with E-state index < -0.39 is 17.8 Å². The molecular weight excluding hydrogens is 415 g/mol. The summed E-state index contributed by atoms with van der Waals surface area (Å²) in [5.74, 6) is 0.530. The smallest absolute Gasteiger partial charge is 0.416 e. The Morgan fingerprint density at radius 3 is 2.68 bits per heavy atom. The van der Waals surface area contributed by atoms with Crippen molar-refractivity contribution in [3.8, 4) is 17.2 Å². The van der Waals surface area contributed by atoms with Gasteiger partial charge in [0.15, 0.2) is 0 Å². The van der Waals surface area contributed by atoms with Gasteiger partial charge in [-0.15, -0.1) is 0 Å². The molecule has 0 aliphatic carbocycles. The van der Waals surface area contributed by atoms with E-state index in [1.807, 2.05) is 0 Å². The van der Waals surface area contributed by atoms with Crippen LogP contribution in [0, 0.1) is 0 Å². The van der Waals surface area contributed by atoms with Crippen molar-refractivity contribution in [3.05, 3.63) is 47.5 Å². The number of benzene rings is 2. The molecule has 2 aliphatic rings. The van der Waals surface area contributed by atoms with E-state index in [-0.39, 0.29) is 24.1 Å². The summed E-state index contributed by atoms with van der Waals surface area (Å²) >= 11 is 0. The third-order valence-corrected chi connectivity index (χ3v) is 5.21. The Morgan fingerprint density at radius 2 is 1.97 bits per heavy atom. The lowest BCUT2D eigenvalue weighted by molar-refractivity contribution is -0.138. The molecule has 7 nitrogen and oxygen atoms in total. The van der Waals surface area contributed by atoms with Crippen LogP contribution >= 0.6 is 0 Å². The second-order valence-corrected chi connectivity index (χ2v) is 7.32. The highest BCUT2D eigenvalue weighted by Gasteiger charge is 2.32. The molecule has 1 saturated heterocycles. The van der Waals surface area contributed by atoms with Crippen LogP contribution in [0.1, 0.15) is 11.1 Å². The van der Waals surface area contributed by atoms with Gasteiger partial charge in [0.25, 0.3) is 0 Å². The van der Waals surface area contributed by atoms with Crippen molar-refractivity contribution in [1.29, 1.82) is 0 Å². The molecule has 1 atom stereocenters. The van der Waals surface area contributed by atoms with E-state index in [0.29, 0.717) is 36.8 Å². The van der Waals surface area contributed by atoms with E-state index in [4.69, 9.17) is 9.47 Å². The highest BCUT2D eigenvalue weighted by atomic mass is 19.4. The quantitative estimate of drug-likeness (QED) is 0.772. The van der Waals surface area contributed by atoms with Crippen LogP contribution in [0.15, 0.2) is 36.4 Å². The molecule has 2 N–H and O–H groups in total. The van der Waals surface area contributed by atoms with E-state index in [0.717, 1.165) is 17.7 Å². The summed E-state index contributed by atoms with van der Waals surface area (Å²) < 4.78 is 49.6. The summed E-state index contributed by atoms with van der Waals surface area (Å²) in [6.45, 7) is 0.930. The number of ether oxygens (including phenoxy) is 2. The van der Waals surface area contributed by atoms with Crippen LogP contribution in [0.25, 0.3) is 0 Å². The van der Waals surface area contributed by atoms with Gasteiger partial charge in [0, 0.05) is 31.6 Å². The van der Waals surface area contributed by atoms with Crippen LogP contribution in [-0.4, -0.2) is 49.5 Å². The van der Waals surface area contributed by atoms with Gasteiger partial charge in [-0.1, -0.05) is 0 Å². The summed E-state index contributed by atoms with van der Waals surface area (Å²) in [5.41, 5.74) is 0.425. The number of amides is 2. The largest absolute Gasteiger partial charge is 0.491 e. The van der Waals surface area contributed by atoms with Crippen molar-refractivity contribution in [1.82, 2.24) is 10.2 Å². The monoisotopic (exact) mass is 435 g/mol. The van der Waals surface area contributed by atoms with Crippen LogP contribution in [-0.2, 0) is 22.2 Å². The molecule has 2 aromatic rings. The van der Waals surface area contributed by atoms with Gasteiger partial charge < -0.3 is 25.0 Å². The molecule has 0 saturated carbocycles. The fourth-order valence-corrected chi connectivity index (χ4v) is 3.51. The van der Waals surface area contributed by atoms with Crippen LogP contribution < -0.4 is 20.1 Å². The topological polar surface area (TPSA) is 79.9 Å². The third-order valence-electron chi connectivity index (χ3n) is 5.21. The minimum Gasteiger partial charge on any atom is -0.491 e. The van der Waals surface area contributed by atoms with Crippen molar-refractivity contribution in [2.45, 2.75) is 18.6 Å². The Bertz CT molecular complexity index is 1010. The third kappa shape index (κ3) is 4.43. The molecule has 2 aliphatic heterocycles. The van der Waals surface area contributed by atoms with Gasteiger partial charge in [0.2, 0.25) is 11.8 Å². The zero-order chi connectivity index (χ0) is 22.2. The van der Waals surface area contributed by atoms with Gasteiger partial charge >= 0.3 is 6.18 Å². The van der Waals surface area contributed by atoms with Crippen molar-refractivity contribution < 1.29 is 32.2 Å². The number of hydrogen-bond acceptors (Lipinski definition) is 5. The average Bonchev–Trinajstić information content (AvgIpc) is 3.18. The molecule has 1 unspecified atom stereocenters. The summed E-state index contributed by atoms with van der Waals surface area (Å²) in [5, 5.41) is 5.70. The summed E-state index contributed by atoms with van der Waals surface area (Å²) in [7, 11) is 1.57. The Morgan fingerprint density at radius 1 is 1.23 bits per heavy atom. The lowest BCUT2D eigenvalue weighted by Crippen LogP contribution is -2.57. The van der Waals surface area contributed by atoms with Gasteiger partial charge in [-0.2, -0.15) is 13.2 Å². The molecule has 0 spiro atoms. The van der Waals surface area contributed by atoms with Crippen LogP contribution in [0.5, 0.6) is 17.2 Å². The maximum absolute atomic E-state index is 12.8. The first-order valence-corrected chi connectivity index (χ1v) is 9.64. The van der Waals surface area contributed by atoms with Crippen molar-refractivity contribution >= 4 is 17.5 Å². The van der Waals surface area contributed by atoms with Crippen molar-refractivity contribution in [2.75, 3.05) is 32.1 Å². The molecule has 2 heterocycles. The highest BCUT2D eigenvalue weighted by molar-refractivity contribution is 5.99. The number of hydrogen-bond donors (Lipinski definition) is 2. The first kappa shape index (κ1) is 21.0. The predicted molar refractivity (Wildman–Crippen MR) is 105 cm³/mol. The zero-order valence-corrected chi connectivity index (χ0v) is 16.6. The average molecular weight is 435 g/mol. The van der Waals surface area contributed by atoms with Gasteiger partial charge in [-0.05, 0) is 30.3 Å². The predicted octanol–water partition coefficient (Wildman–Crippen LogP) is 2.80. The first-order valence-electron chi connectivity index (χ1n) is 9.64. The molecule has 0 bridgehead atoms. The number of alkyl halides is 3. The van der Waals surface area contributed by atoms with E-state index in [9.17, 15) is 22.8 Å². The van der Waals surface area contributed by atoms with E-state index in [1.54, 1.807) is 19.2 Å². The molecule has 0 radical (unpaired) electrons. The summed E-state index contributed by atoms with van der Waals surface area (Å²) in [6.07, 6.45) is -3.82. The maximum Gasteiger partial charge on any atom is 0.416 e. The van der Waals surface area contributed by atoms with Gasteiger partial charge in [-0.25, -0.2) is 0 Å². The Balaban J connectivity index is 1.55.